The molecule has 2 bridgehead atoms. The highest BCUT2D eigenvalue weighted by molar-refractivity contribution is 6.30. The van der Waals surface area contributed by atoms with E-state index in [-0.39, 0.29) is 35.0 Å². The van der Waals surface area contributed by atoms with Gasteiger partial charge in [-0.1, -0.05) is 54.1 Å². The number of hydrazine groups is 1. The minimum atomic E-state index is -1.06. The number of ketones is 1. The van der Waals surface area contributed by atoms with Crippen LogP contribution in [0.3, 0.4) is 0 Å². The van der Waals surface area contributed by atoms with E-state index in [4.69, 9.17) is 11.6 Å². The first-order valence-corrected chi connectivity index (χ1v) is 12.0. The molecule has 5 aliphatic rings. The fourth-order valence-electron chi connectivity index (χ4n) is 6.27. The summed E-state index contributed by atoms with van der Waals surface area (Å²) in [5.41, 5.74) is 0.653. The van der Waals surface area contributed by atoms with Crippen molar-refractivity contribution in [3.8, 4) is 0 Å². The van der Waals surface area contributed by atoms with Gasteiger partial charge in [-0.15, -0.1) is 0 Å². The number of hydrogen-bond donors (Lipinski definition) is 0. The van der Waals surface area contributed by atoms with Crippen LogP contribution < -0.4 is 0 Å². The van der Waals surface area contributed by atoms with Crippen LogP contribution >= 0.6 is 11.6 Å². The summed E-state index contributed by atoms with van der Waals surface area (Å²) < 4.78 is 0. The predicted molar refractivity (Wildman–Crippen MR) is 124 cm³/mol. The van der Waals surface area contributed by atoms with Gasteiger partial charge in [-0.2, -0.15) is 5.01 Å². The summed E-state index contributed by atoms with van der Waals surface area (Å²) >= 11 is 6.00. The number of allylic oxidation sites excluding steroid dienone is 2. The molecular formula is C27H23ClN2O4. The Labute approximate surface area is 202 Å². The number of nitrogens with zero attached hydrogens (tertiary/aromatic N) is 2. The molecule has 7 heteroatoms. The Morgan fingerprint density at radius 2 is 1.44 bits per heavy atom. The molecule has 6 nitrogen and oxygen atoms in total. The molecule has 7 rings (SSSR count). The molecule has 1 aliphatic heterocycles. The molecule has 3 amide bonds. The van der Waals surface area contributed by atoms with Crippen LogP contribution in [-0.4, -0.2) is 39.6 Å². The lowest BCUT2D eigenvalue weighted by molar-refractivity contribution is -0.156. The van der Waals surface area contributed by atoms with Crippen molar-refractivity contribution < 1.29 is 19.2 Å². The monoisotopic (exact) mass is 474 g/mol. The third-order valence-electron chi connectivity index (χ3n) is 7.96. The molecule has 2 aromatic rings. The zero-order valence-electron chi connectivity index (χ0n) is 18.5. The smallest absolute Gasteiger partial charge is 0.273 e. The summed E-state index contributed by atoms with van der Waals surface area (Å²) in [7, 11) is 0. The van der Waals surface area contributed by atoms with Crippen molar-refractivity contribution in [2.45, 2.75) is 19.4 Å². The standard InChI is InChI=1S/C27H23ClN2O4/c1-14(24(31)15-5-3-2-4-6-15)29(25(32)16-7-9-17(28)10-8-16)30-26(33)22-18-11-12-19(21-13-20(18)21)23(22)27(30)34/h2-12,14,18-23H,13H2,1H3/t14-,18+,19+,20+,21+,22-,23-/m1/s1. The largest absolute Gasteiger partial charge is 0.292 e. The third-order valence-corrected chi connectivity index (χ3v) is 8.21. The van der Waals surface area contributed by atoms with Gasteiger partial charge in [0.25, 0.3) is 17.7 Å². The lowest BCUT2D eigenvalue weighted by Gasteiger charge is -2.37. The van der Waals surface area contributed by atoms with E-state index in [9.17, 15) is 19.2 Å². The molecule has 1 saturated heterocycles. The Kier molecular flexibility index (Phi) is 4.78. The van der Waals surface area contributed by atoms with E-state index in [2.05, 4.69) is 12.2 Å². The molecular weight excluding hydrogens is 452 g/mol. The predicted octanol–water partition coefficient (Wildman–Crippen LogP) is 4.02. The Morgan fingerprint density at radius 3 is 2.00 bits per heavy atom. The van der Waals surface area contributed by atoms with Gasteiger partial charge in [0.1, 0.15) is 6.04 Å². The average Bonchev–Trinajstić information content (AvgIpc) is 3.64. The van der Waals surface area contributed by atoms with Crippen molar-refractivity contribution in [2.75, 3.05) is 0 Å². The molecule has 172 valence electrons. The molecule has 0 unspecified atom stereocenters. The maximum Gasteiger partial charge on any atom is 0.273 e. The number of amides is 3. The lowest BCUT2D eigenvalue weighted by atomic mass is 9.63. The van der Waals surface area contributed by atoms with Crippen LogP contribution in [0.1, 0.15) is 34.1 Å². The normalized spacial score (nSPS) is 31.2. The van der Waals surface area contributed by atoms with Gasteiger partial charge in [0, 0.05) is 16.1 Å². The highest BCUT2D eigenvalue weighted by atomic mass is 35.5. The zero-order valence-corrected chi connectivity index (χ0v) is 19.3. The molecule has 4 aliphatic carbocycles. The highest BCUT2D eigenvalue weighted by Gasteiger charge is 2.68. The molecule has 3 fully saturated rings. The fraction of sp³-hybridized carbons (Fsp3) is 0.333. The molecule has 7 atom stereocenters. The van der Waals surface area contributed by atoms with Crippen LogP contribution in [0.5, 0.6) is 0 Å². The van der Waals surface area contributed by atoms with Crippen LogP contribution in [0, 0.1) is 35.5 Å². The first-order chi connectivity index (χ1) is 16.4. The van der Waals surface area contributed by atoms with Crippen molar-refractivity contribution in [1.82, 2.24) is 10.0 Å². The number of imide groups is 1. The van der Waals surface area contributed by atoms with E-state index < -0.39 is 23.8 Å². The maximum atomic E-state index is 13.7. The highest BCUT2D eigenvalue weighted by Crippen LogP contribution is 2.65. The molecule has 0 radical (unpaired) electrons. The molecule has 2 aromatic carbocycles. The first-order valence-electron chi connectivity index (χ1n) is 11.6. The summed E-state index contributed by atoms with van der Waals surface area (Å²) in [5, 5.41) is 2.51. The van der Waals surface area contributed by atoms with Crippen LogP contribution in [0.25, 0.3) is 0 Å². The summed E-state index contributed by atoms with van der Waals surface area (Å²) in [6.07, 6.45) is 5.21. The van der Waals surface area contributed by atoms with Crippen LogP contribution in [0.4, 0.5) is 0 Å². The number of benzene rings is 2. The second-order valence-corrected chi connectivity index (χ2v) is 10.1. The van der Waals surface area contributed by atoms with Gasteiger partial charge < -0.3 is 0 Å². The van der Waals surface area contributed by atoms with E-state index in [0.717, 1.165) is 16.4 Å². The van der Waals surface area contributed by atoms with Gasteiger partial charge in [0.15, 0.2) is 5.78 Å². The number of rotatable bonds is 5. The number of hydrogen-bond acceptors (Lipinski definition) is 4. The molecule has 2 saturated carbocycles. The van der Waals surface area contributed by atoms with Gasteiger partial charge >= 0.3 is 0 Å². The first kappa shape index (κ1) is 21.3. The minimum absolute atomic E-state index is 0.0223. The van der Waals surface area contributed by atoms with Gasteiger partial charge in [-0.25, -0.2) is 5.01 Å². The summed E-state index contributed by atoms with van der Waals surface area (Å²) in [6, 6.07) is 13.8. The van der Waals surface area contributed by atoms with Crippen LogP contribution in [0.2, 0.25) is 5.02 Å². The minimum Gasteiger partial charge on any atom is -0.292 e. The van der Waals surface area contributed by atoms with Crippen molar-refractivity contribution in [3.05, 3.63) is 82.9 Å². The molecule has 0 N–H and O–H groups in total. The number of halogens is 1. The maximum absolute atomic E-state index is 13.7. The second kappa shape index (κ2) is 7.64. The fourth-order valence-corrected chi connectivity index (χ4v) is 6.40. The summed E-state index contributed by atoms with van der Waals surface area (Å²) in [5.74, 6) is -1.70. The number of Topliss-reactive ketones (excluding diaryl/α,β-unsaturated/α-hetero) is 1. The van der Waals surface area contributed by atoms with E-state index in [0.29, 0.717) is 22.4 Å². The van der Waals surface area contributed by atoms with Crippen molar-refractivity contribution in [1.29, 1.82) is 0 Å². The van der Waals surface area contributed by atoms with E-state index in [1.54, 1.807) is 49.4 Å². The van der Waals surface area contributed by atoms with Crippen LogP contribution in [0.15, 0.2) is 66.7 Å². The number of carbonyl (C=O) groups is 4. The molecule has 0 aromatic heterocycles. The lowest BCUT2D eigenvalue weighted by Crippen LogP contribution is -2.56. The molecule has 34 heavy (non-hydrogen) atoms. The Bertz CT molecular complexity index is 1210. The Balaban J connectivity index is 1.40. The van der Waals surface area contributed by atoms with E-state index in [1.807, 2.05) is 0 Å². The van der Waals surface area contributed by atoms with Crippen molar-refractivity contribution in [3.63, 3.8) is 0 Å². The second-order valence-electron chi connectivity index (χ2n) is 9.71. The third kappa shape index (κ3) is 3.01. The van der Waals surface area contributed by atoms with Gasteiger partial charge in [-0.05, 0) is 61.3 Å². The Morgan fingerprint density at radius 1 is 0.882 bits per heavy atom. The Hall–Kier alpha value is -3.25. The van der Waals surface area contributed by atoms with Gasteiger partial charge in [-0.3, -0.25) is 19.2 Å². The van der Waals surface area contributed by atoms with Crippen molar-refractivity contribution in [2.24, 2.45) is 35.5 Å². The van der Waals surface area contributed by atoms with E-state index >= 15 is 0 Å². The zero-order chi connectivity index (χ0) is 23.7. The van der Waals surface area contributed by atoms with Crippen LogP contribution in [-0.2, 0) is 9.59 Å². The quantitative estimate of drug-likeness (QED) is 0.372. The van der Waals surface area contributed by atoms with Gasteiger partial charge in [0.05, 0.1) is 11.8 Å². The summed E-state index contributed by atoms with van der Waals surface area (Å²) in [6.45, 7) is 1.57. The van der Waals surface area contributed by atoms with Gasteiger partial charge in [0.2, 0.25) is 0 Å². The van der Waals surface area contributed by atoms with Crippen molar-refractivity contribution >= 4 is 35.1 Å². The van der Waals surface area contributed by atoms with E-state index in [1.165, 1.54) is 12.1 Å². The summed E-state index contributed by atoms with van der Waals surface area (Å²) in [4.78, 5) is 54.6. The number of carbonyl (C=O) groups excluding carboxylic acids is 4. The average molecular weight is 475 g/mol. The molecule has 1 heterocycles. The molecule has 0 spiro atoms. The SMILES string of the molecule is C[C@H](C(=O)c1ccccc1)N(C(=O)c1ccc(Cl)cc1)N1C(=O)[C@@H]2[C@H]3C=C[C@@H]([C@@H]4C[C@@H]34)[C@H]2C1=O. The topological polar surface area (TPSA) is 74.8 Å².